The van der Waals surface area contributed by atoms with Crippen molar-refractivity contribution >= 4 is 49.3 Å². The van der Waals surface area contributed by atoms with Crippen molar-refractivity contribution in [2.45, 2.75) is 0 Å². The monoisotopic (exact) mass is 411 g/mol. The van der Waals surface area contributed by atoms with E-state index >= 15 is 0 Å². The number of nitrogens with one attached hydrogen (secondary N) is 1. The lowest BCUT2D eigenvalue weighted by Crippen LogP contribution is -2.14. The van der Waals surface area contributed by atoms with E-state index in [-0.39, 0.29) is 11.7 Å². The van der Waals surface area contributed by atoms with Gasteiger partial charge in [0.05, 0.1) is 5.56 Å². The molecule has 0 aliphatic heterocycles. The van der Waals surface area contributed by atoms with Crippen LogP contribution in [0.15, 0.2) is 56.6 Å². The Morgan fingerprint density at radius 2 is 1.81 bits per heavy atom. The van der Waals surface area contributed by atoms with Crippen molar-refractivity contribution in [3.05, 3.63) is 62.5 Å². The normalized spacial score (nSPS) is 11.2. The van der Waals surface area contributed by atoms with E-state index in [4.69, 9.17) is 10.9 Å². The average molecular weight is 413 g/mol. The van der Waals surface area contributed by atoms with Crippen LogP contribution in [0, 0.1) is 0 Å². The fourth-order valence-corrected chi connectivity index (χ4v) is 2.44. The summed E-state index contributed by atoms with van der Waals surface area (Å²) in [6, 6.07) is 12.0. The lowest BCUT2D eigenvalue weighted by atomic mass is 10.1. The van der Waals surface area contributed by atoms with Gasteiger partial charge in [-0.15, -0.1) is 0 Å². The zero-order valence-corrected chi connectivity index (χ0v) is 13.8. The number of anilines is 1. The lowest BCUT2D eigenvalue weighted by molar-refractivity contribution is 0.102. The Morgan fingerprint density at radius 3 is 2.43 bits per heavy atom. The summed E-state index contributed by atoms with van der Waals surface area (Å²) in [6.07, 6.45) is 0. The molecule has 0 heterocycles. The van der Waals surface area contributed by atoms with Crippen LogP contribution in [-0.2, 0) is 0 Å². The molecule has 0 atom stereocenters. The fourth-order valence-electron chi connectivity index (χ4n) is 1.65. The first-order chi connectivity index (χ1) is 10.0. The molecule has 0 aliphatic rings. The van der Waals surface area contributed by atoms with Crippen LogP contribution in [0.1, 0.15) is 15.9 Å². The summed E-state index contributed by atoms with van der Waals surface area (Å²) in [5, 5.41) is 14.3. The topological polar surface area (TPSA) is 87.7 Å². The molecule has 2 rings (SSSR count). The number of nitrogens with zero attached hydrogens (tertiary/aromatic N) is 1. The van der Waals surface area contributed by atoms with Gasteiger partial charge in [0.1, 0.15) is 0 Å². The van der Waals surface area contributed by atoms with Crippen molar-refractivity contribution in [1.82, 2.24) is 0 Å². The number of benzene rings is 2. The predicted molar refractivity (Wildman–Crippen MR) is 88.7 cm³/mol. The molecular weight excluding hydrogens is 402 g/mol. The molecule has 21 heavy (non-hydrogen) atoms. The number of nitrogens with two attached hydrogens (primary N) is 1. The maximum Gasteiger partial charge on any atom is 0.256 e. The van der Waals surface area contributed by atoms with Gasteiger partial charge >= 0.3 is 0 Å². The Labute approximate surface area is 138 Å². The summed E-state index contributed by atoms with van der Waals surface area (Å²) in [5.74, 6) is -0.220. The molecule has 2 aromatic carbocycles. The molecule has 0 saturated carbocycles. The van der Waals surface area contributed by atoms with Crippen LogP contribution in [0.5, 0.6) is 0 Å². The van der Waals surface area contributed by atoms with E-state index in [9.17, 15) is 4.79 Å². The van der Waals surface area contributed by atoms with Gasteiger partial charge in [-0.2, -0.15) is 0 Å². The van der Waals surface area contributed by atoms with E-state index in [0.29, 0.717) is 21.3 Å². The second-order valence-electron chi connectivity index (χ2n) is 4.14. The van der Waals surface area contributed by atoms with Crippen LogP contribution in [0.2, 0.25) is 0 Å². The zero-order chi connectivity index (χ0) is 15.4. The highest BCUT2D eigenvalue weighted by molar-refractivity contribution is 9.11. The Morgan fingerprint density at radius 1 is 1.14 bits per heavy atom. The Hall–Kier alpha value is -1.86. The third kappa shape index (κ3) is 3.83. The van der Waals surface area contributed by atoms with Crippen molar-refractivity contribution in [3.8, 4) is 0 Å². The summed E-state index contributed by atoms with van der Waals surface area (Å²) in [6.45, 7) is 0. The summed E-state index contributed by atoms with van der Waals surface area (Å²) in [5.41, 5.74) is 7.17. The van der Waals surface area contributed by atoms with Gasteiger partial charge in [-0.25, -0.2) is 0 Å². The second kappa shape index (κ2) is 6.73. The van der Waals surface area contributed by atoms with Crippen molar-refractivity contribution in [1.29, 1.82) is 0 Å². The van der Waals surface area contributed by atoms with Crippen molar-refractivity contribution < 1.29 is 10.0 Å². The lowest BCUT2D eigenvalue weighted by Gasteiger charge is -2.08. The number of carbonyl (C=O) groups excluding carboxylic acids is 1. The first-order valence-corrected chi connectivity index (χ1v) is 7.44. The van der Waals surface area contributed by atoms with Crippen LogP contribution >= 0.6 is 31.9 Å². The molecule has 0 aliphatic carbocycles. The highest BCUT2D eigenvalue weighted by atomic mass is 79.9. The van der Waals surface area contributed by atoms with E-state index in [0.717, 1.165) is 4.47 Å². The SMILES string of the molecule is N/C(=N/O)c1ccc(NC(=O)c2cc(Br)ccc2Br)cc1. The molecular formula is C14H11Br2N3O2. The Balaban J connectivity index is 2.18. The first kappa shape index (κ1) is 15.5. The number of halogens is 2. The Bertz CT molecular complexity index is 700. The third-order valence-corrected chi connectivity index (χ3v) is 3.90. The molecule has 0 unspecified atom stereocenters. The average Bonchev–Trinajstić information content (AvgIpc) is 2.49. The molecule has 0 fully saturated rings. The summed E-state index contributed by atoms with van der Waals surface area (Å²) < 4.78 is 1.52. The number of carbonyl (C=O) groups is 1. The molecule has 7 heteroatoms. The highest BCUT2D eigenvalue weighted by Crippen LogP contribution is 2.22. The third-order valence-electron chi connectivity index (χ3n) is 2.72. The van der Waals surface area contributed by atoms with Gasteiger partial charge in [0.25, 0.3) is 5.91 Å². The molecule has 4 N–H and O–H groups in total. The summed E-state index contributed by atoms with van der Waals surface area (Å²) >= 11 is 6.67. The van der Waals surface area contributed by atoms with Crippen LogP contribution in [0.25, 0.3) is 0 Å². The predicted octanol–water partition coefficient (Wildman–Crippen LogP) is 3.56. The first-order valence-electron chi connectivity index (χ1n) is 5.85. The molecule has 1 amide bonds. The molecule has 108 valence electrons. The molecule has 0 radical (unpaired) electrons. The van der Waals surface area contributed by atoms with E-state index in [1.54, 1.807) is 36.4 Å². The minimum absolute atomic E-state index is 0.0163. The quantitative estimate of drug-likeness (QED) is 0.311. The largest absolute Gasteiger partial charge is 0.409 e. The number of amidine groups is 1. The van der Waals surface area contributed by atoms with Crippen molar-refractivity contribution in [2.75, 3.05) is 5.32 Å². The smallest absolute Gasteiger partial charge is 0.256 e. The molecule has 5 nitrogen and oxygen atoms in total. The van der Waals surface area contributed by atoms with E-state index in [2.05, 4.69) is 42.3 Å². The van der Waals surface area contributed by atoms with Gasteiger partial charge in [0, 0.05) is 20.2 Å². The van der Waals surface area contributed by atoms with Crippen molar-refractivity contribution in [2.24, 2.45) is 10.9 Å². The summed E-state index contributed by atoms with van der Waals surface area (Å²) in [4.78, 5) is 12.2. The van der Waals surface area contributed by atoms with Crippen LogP contribution in [0.4, 0.5) is 5.69 Å². The minimum Gasteiger partial charge on any atom is -0.409 e. The van der Waals surface area contributed by atoms with Crippen molar-refractivity contribution in [3.63, 3.8) is 0 Å². The van der Waals surface area contributed by atoms with Gasteiger partial charge in [-0.1, -0.05) is 21.1 Å². The molecule has 2 aromatic rings. The van der Waals surface area contributed by atoms with Crippen LogP contribution in [0.3, 0.4) is 0 Å². The molecule has 0 aromatic heterocycles. The van der Waals surface area contributed by atoms with Gasteiger partial charge in [-0.05, 0) is 58.4 Å². The molecule has 0 bridgehead atoms. The Kier molecular flexibility index (Phi) is 4.98. The van der Waals surface area contributed by atoms with Gasteiger partial charge in [0.15, 0.2) is 5.84 Å². The maximum absolute atomic E-state index is 12.2. The maximum atomic E-state index is 12.2. The van der Waals surface area contributed by atoms with Gasteiger partial charge in [0.2, 0.25) is 0 Å². The van der Waals surface area contributed by atoms with Gasteiger partial charge in [-0.3, -0.25) is 4.79 Å². The van der Waals surface area contributed by atoms with Crippen LogP contribution < -0.4 is 11.1 Å². The number of amides is 1. The molecule has 0 saturated heterocycles. The standard InChI is InChI=1S/C14H11Br2N3O2/c15-9-3-6-12(16)11(7-9)14(20)18-10-4-1-8(2-5-10)13(17)19-21/h1-7,21H,(H2,17,19)(H,18,20). The van der Waals surface area contributed by atoms with Gasteiger partial charge < -0.3 is 16.3 Å². The van der Waals surface area contributed by atoms with Crippen LogP contribution in [-0.4, -0.2) is 17.0 Å². The fraction of sp³-hybridized carbons (Fsp3) is 0. The number of rotatable bonds is 3. The van der Waals surface area contributed by atoms with E-state index < -0.39 is 0 Å². The van der Waals surface area contributed by atoms with E-state index in [1.807, 2.05) is 6.07 Å². The van der Waals surface area contributed by atoms with E-state index in [1.165, 1.54) is 0 Å². The minimum atomic E-state index is -0.236. The molecule has 0 spiro atoms. The second-order valence-corrected chi connectivity index (χ2v) is 5.91. The summed E-state index contributed by atoms with van der Waals surface area (Å²) in [7, 11) is 0. The number of oxime groups is 1. The highest BCUT2D eigenvalue weighted by Gasteiger charge is 2.11. The number of hydrogen-bond donors (Lipinski definition) is 3. The number of hydrogen-bond acceptors (Lipinski definition) is 3. The zero-order valence-electron chi connectivity index (χ0n) is 10.7.